The van der Waals surface area contributed by atoms with Crippen molar-refractivity contribution < 1.29 is 22.4 Å². The standard InChI is InChI=1S/C12H5F3N3O2/c13-12(14,15)10-5-8(9-2-1-3-20-9)16-11-4-7(6-19)17-18(10)11/h1-5H. The average molecular weight is 280 g/mol. The minimum atomic E-state index is -4.64. The largest absolute Gasteiger partial charge is 0.463 e. The first-order chi connectivity index (χ1) is 9.49. The van der Waals surface area contributed by atoms with Gasteiger partial charge in [0.15, 0.2) is 17.1 Å². The number of carbonyl (C=O) groups excluding carboxylic acids is 1. The molecule has 0 aliphatic rings. The summed E-state index contributed by atoms with van der Waals surface area (Å²) in [5, 5.41) is 3.50. The molecule has 3 heterocycles. The highest BCUT2D eigenvalue weighted by Crippen LogP contribution is 2.32. The molecule has 20 heavy (non-hydrogen) atoms. The Kier molecular flexibility index (Phi) is 2.60. The van der Waals surface area contributed by atoms with Crippen molar-refractivity contribution in [2.75, 3.05) is 0 Å². The molecule has 3 rings (SSSR count). The average Bonchev–Trinajstić information content (AvgIpc) is 3.04. The van der Waals surface area contributed by atoms with Gasteiger partial charge in [0, 0.05) is 6.07 Å². The zero-order valence-corrected chi connectivity index (χ0v) is 9.68. The summed E-state index contributed by atoms with van der Waals surface area (Å²) in [6.45, 7) is 0. The summed E-state index contributed by atoms with van der Waals surface area (Å²) in [5.41, 5.74) is -1.40. The Hall–Kier alpha value is -2.64. The van der Waals surface area contributed by atoms with Crippen LogP contribution in [-0.4, -0.2) is 20.9 Å². The third-order valence-corrected chi connectivity index (χ3v) is 2.60. The van der Waals surface area contributed by atoms with E-state index in [2.05, 4.69) is 10.1 Å². The second-order valence-electron chi connectivity index (χ2n) is 3.90. The lowest BCUT2D eigenvalue weighted by Gasteiger charge is -2.09. The van der Waals surface area contributed by atoms with Gasteiger partial charge in [-0.1, -0.05) is 0 Å². The smallest absolute Gasteiger partial charge is 0.433 e. The van der Waals surface area contributed by atoms with E-state index in [-0.39, 0.29) is 22.8 Å². The van der Waals surface area contributed by atoms with Crippen molar-refractivity contribution in [2.45, 2.75) is 6.18 Å². The topological polar surface area (TPSA) is 60.4 Å². The Morgan fingerprint density at radius 3 is 2.70 bits per heavy atom. The molecule has 0 aliphatic heterocycles. The zero-order chi connectivity index (χ0) is 14.3. The molecule has 1 radical (unpaired) electrons. The molecule has 5 nitrogen and oxygen atoms in total. The summed E-state index contributed by atoms with van der Waals surface area (Å²) >= 11 is 0. The minimum absolute atomic E-state index is 0.00664. The van der Waals surface area contributed by atoms with Crippen molar-refractivity contribution in [1.82, 2.24) is 14.6 Å². The van der Waals surface area contributed by atoms with Crippen LogP contribution >= 0.6 is 0 Å². The highest BCUT2D eigenvalue weighted by atomic mass is 19.4. The summed E-state index contributed by atoms with van der Waals surface area (Å²) in [6, 6.07) is 4.96. The van der Waals surface area contributed by atoms with E-state index in [0.29, 0.717) is 4.52 Å². The molecule has 0 saturated carbocycles. The molecular weight excluding hydrogens is 275 g/mol. The zero-order valence-electron chi connectivity index (χ0n) is 9.68. The van der Waals surface area contributed by atoms with Crippen LogP contribution < -0.4 is 0 Å². The van der Waals surface area contributed by atoms with E-state index in [4.69, 9.17) is 4.42 Å². The van der Waals surface area contributed by atoms with E-state index in [1.54, 1.807) is 0 Å². The number of furan rings is 1. The monoisotopic (exact) mass is 280 g/mol. The maximum atomic E-state index is 13.0. The molecule has 0 atom stereocenters. The molecular formula is C12H5F3N3O2. The summed E-state index contributed by atoms with van der Waals surface area (Å²) in [5.74, 6) is 0.191. The Morgan fingerprint density at radius 2 is 2.10 bits per heavy atom. The van der Waals surface area contributed by atoms with Crippen LogP contribution in [0.25, 0.3) is 17.1 Å². The molecule has 0 N–H and O–H groups in total. The van der Waals surface area contributed by atoms with Crippen molar-refractivity contribution in [2.24, 2.45) is 0 Å². The van der Waals surface area contributed by atoms with E-state index in [1.165, 1.54) is 24.7 Å². The van der Waals surface area contributed by atoms with Crippen LogP contribution in [-0.2, 0) is 11.0 Å². The van der Waals surface area contributed by atoms with Crippen LogP contribution in [0, 0.1) is 0 Å². The summed E-state index contributed by atoms with van der Waals surface area (Å²) in [6.07, 6.45) is -1.88. The van der Waals surface area contributed by atoms with Gasteiger partial charge in [-0.15, -0.1) is 0 Å². The van der Waals surface area contributed by atoms with Crippen LogP contribution in [0.2, 0.25) is 0 Å². The van der Waals surface area contributed by atoms with Crippen LogP contribution in [0.4, 0.5) is 13.2 Å². The first-order valence-electron chi connectivity index (χ1n) is 5.39. The molecule has 0 spiro atoms. The van der Waals surface area contributed by atoms with E-state index >= 15 is 0 Å². The molecule has 3 aromatic heterocycles. The van der Waals surface area contributed by atoms with Gasteiger partial charge in [-0.3, -0.25) is 4.79 Å². The van der Waals surface area contributed by atoms with Crippen molar-refractivity contribution in [3.8, 4) is 11.5 Å². The fourth-order valence-corrected chi connectivity index (χ4v) is 1.78. The number of nitrogens with zero attached hydrogens (tertiary/aromatic N) is 3. The lowest BCUT2D eigenvalue weighted by Crippen LogP contribution is -2.13. The Morgan fingerprint density at radius 1 is 1.30 bits per heavy atom. The third kappa shape index (κ3) is 1.94. The van der Waals surface area contributed by atoms with Gasteiger partial charge in [0.2, 0.25) is 0 Å². The quantitative estimate of drug-likeness (QED) is 0.723. The predicted molar refractivity (Wildman–Crippen MR) is 60.5 cm³/mol. The van der Waals surface area contributed by atoms with Crippen molar-refractivity contribution in [1.29, 1.82) is 0 Å². The van der Waals surface area contributed by atoms with Gasteiger partial charge in [-0.25, -0.2) is 9.50 Å². The van der Waals surface area contributed by atoms with Crippen LogP contribution in [0.3, 0.4) is 0 Å². The van der Waals surface area contributed by atoms with Gasteiger partial charge < -0.3 is 4.42 Å². The van der Waals surface area contributed by atoms with Gasteiger partial charge >= 0.3 is 6.18 Å². The van der Waals surface area contributed by atoms with Crippen LogP contribution in [0.5, 0.6) is 0 Å². The predicted octanol–water partition coefficient (Wildman–Crippen LogP) is 2.47. The summed E-state index contributed by atoms with van der Waals surface area (Å²) in [7, 11) is 0. The van der Waals surface area contributed by atoms with Crippen LogP contribution in [0.1, 0.15) is 11.4 Å². The number of alkyl halides is 3. The van der Waals surface area contributed by atoms with Gasteiger partial charge in [-0.05, 0) is 18.2 Å². The second kappa shape index (κ2) is 4.19. The van der Waals surface area contributed by atoms with Crippen molar-refractivity contribution >= 4 is 11.9 Å². The fourth-order valence-electron chi connectivity index (χ4n) is 1.78. The summed E-state index contributed by atoms with van der Waals surface area (Å²) < 4.78 is 44.7. The van der Waals surface area contributed by atoms with Gasteiger partial charge in [0.25, 0.3) is 6.29 Å². The number of hydrogen-bond donors (Lipinski definition) is 0. The number of fused-ring (bicyclic) bond motifs is 1. The maximum Gasteiger partial charge on any atom is 0.433 e. The van der Waals surface area contributed by atoms with Gasteiger partial charge in [-0.2, -0.15) is 18.3 Å². The first kappa shape index (κ1) is 12.4. The fraction of sp³-hybridized carbons (Fsp3) is 0.0833. The van der Waals surface area contributed by atoms with Gasteiger partial charge in [0.05, 0.1) is 6.26 Å². The Labute approximate surface area is 109 Å². The molecule has 0 saturated heterocycles. The van der Waals surface area contributed by atoms with E-state index in [0.717, 1.165) is 12.1 Å². The Bertz CT molecular complexity index is 775. The number of hydrogen-bond acceptors (Lipinski definition) is 4. The third-order valence-electron chi connectivity index (χ3n) is 2.60. The molecule has 0 aliphatic carbocycles. The van der Waals surface area contributed by atoms with E-state index in [9.17, 15) is 18.0 Å². The Balaban J connectivity index is 2.33. The first-order valence-corrected chi connectivity index (χ1v) is 5.39. The lowest BCUT2D eigenvalue weighted by molar-refractivity contribution is -0.142. The number of halogens is 3. The van der Waals surface area contributed by atoms with E-state index < -0.39 is 11.9 Å². The summed E-state index contributed by atoms with van der Waals surface area (Å²) in [4.78, 5) is 14.5. The molecule has 0 fully saturated rings. The minimum Gasteiger partial charge on any atom is -0.463 e. The van der Waals surface area contributed by atoms with Crippen LogP contribution in [0.15, 0.2) is 34.9 Å². The van der Waals surface area contributed by atoms with Crippen molar-refractivity contribution in [3.63, 3.8) is 0 Å². The second-order valence-corrected chi connectivity index (χ2v) is 3.90. The van der Waals surface area contributed by atoms with Crippen molar-refractivity contribution in [3.05, 3.63) is 41.9 Å². The highest BCUT2D eigenvalue weighted by Gasteiger charge is 2.35. The molecule has 0 unspecified atom stereocenters. The molecule has 8 heteroatoms. The number of rotatable bonds is 2. The number of aromatic nitrogens is 3. The van der Waals surface area contributed by atoms with Gasteiger partial charge in [0.1, 0.15) is 11.4 Å². The molecule has 3 aromatic rings. The maximum absolute atomic E-state index is 13.0. The van der Waals surface area contributed by atoms with E-state index in [1.807, 2.05) is 0 Å². The normalized spacial score (nSPS) is 11.9. The molecule has 0 amide bonds. The lowest BCUT2D eigenvalue weighted by atomic mass is 10.2. The highest BCUT2D eigenvalue weighted by molar-refractivity contribution is 5.75. The molecule has 0 aromatic carbocycles. The molecule has 0 bridgehead atoms. The SMILES string of the molecule is O=[C]c1cc2nc(-c3ccco3)cc(C(F)(F)F)n2n1. The molecule has 101 valence electrons.